The van der Waals surface area contributed by atoms with Crippen LogP contribution >= 0.6 is 0 Å². The number of hydrogen-bond donors (Lipinski definition) is 0. The lowest BCUT2D eigenvalue weighted by atomic mass is 10.2. The van der Waals surface area contributed by atoms with Crippen LogP contribution in [-0.4, -0.2) is 9.55 Å². The maximum atomic E-state index is 13.9. The van der Waals surface area contributed by atoms with Crippen LogP contribution in [0.2, 0.25) is 0 Å². The molecule has 114 valence electrons. The Morgan fingerprint density at radius 3 is 2.32 bits per heavy atom. The first-order chi connectivity index (χ1) is 10.1. The molecule has 0 bridgehead atoms. The van der Waals surface area contributed by atoms with E-state index in [1.807, 2.05) is 0 Å². The highest BCUT2D eigenvalue weighted by Crippen LogP contribution is 2.27. The predicted octanol–water partition coefficient (Wildman–Crippen LogP) is 2.71. The van der Waals surface area contributed by atoms with Crippen molar-refractivity contribution in [3.8, 4) is 11.8 Å². The van der Waals surface area contributed by atoms with Gasteiger partial charge in [-0.1, -0.05) is 0 Å². The Labute approximate surface area is 120 Å². The van der Waals surface area contributed by atoms with Crippen molar-refractivity contribution < 1.29 is 22.0 Å². The lowest BCUT2D eigenvalue weighted by Gasteiger charge is -2.13. The Morgan fingerprint density at radius 1 is 1.18 bits per heavy atom. The molecule has 0 spiro atoms. The summed E-state index contributed by atoms with van der Waals surface area (Å²) in [6.07, 6.45) is -4.84. The van der Waals surface area contributed by atoms with E-state index < -0.39 is 46.1 Å². The third-order valence-corrected chi connectivity index (χ3v) is 2.77. The molecule has 0 aliphatic rings. The van der Waals surface area contributed by atoms with Crippen molar-refractivity contribution in [1.29, 1.82) is 5.26 Å². The highest BCUT2D eigenvalue weighted by atomic mass is 19.4. The molecule has 1 heterocycles. The van der Waals surface area contributed by atoms with E-state index in [1.165, 1.54) is 6.07 Å². The molecule has 4 nitrogen and oxygen atoms in total. The number of alkyl halides is 3. The molecule has 22 heavy (non-hydrogen) atoms. The van der Waals surface area contributed by atoms with Gasteiger partial charge in [0.05, 0.1) is 11.3 Å². The minimum Gasteiger partial charge on any atom is -0.269 e. The van der Waals surface area contributed by atoms with Gasteiger partial charge in [0.15, 0.2) is 5.69 Å². The number of nitrogens with zero attached hydrogens (tertiary/aromatic N) is 3. The van der Waals surface area contributed by atoms with E-state index in [2.05, 4.69) is 4.98 Å². The quantitative estimate of drug-likeness (QED) is 0.760. The average Bonchev–Trinajstić information content (AvgIpc) is 2.40. The average molecular weight is 315 g/mol. The van der Waals surface area contributed by atoms with Crippen molar-refractivity contribution in [2.45, 2.75) is 13.1 Å². The minimum atomic E-state index is -4.84. The van der Waals surface area contributed by atoms with Gasteiger partial charge in [-0.25, -0.2) is 13.8 Å². The molecule has 0 N–H and O–H groups in total. The van der Waals surface area contributed by atoms with Gasteiger partial charge >= 0.3 is 6.18 Å². The van der Waals surface area contributed by atoms with E-state index in [-0.39, 0.29) is 6.07 Å². The summed E-state index contributed by atoms with van der Waals surface area (Å²) in [5.41, 5.74) is -3.87. The van der Waals surface area contributed by atoms with Gasteiger partial charge in [0, 0.05) is 12.1 Å². The molecule has 0 radical (unpaired) electrons. The number of aryl methyl sites for hydroxylation is 1. The van der Waals surface area contributed by atoms with Crippen molar-refractivity contribution >= 4 is 0 Å². The highest BCUT2D eigenvalue weighted by Gasteiger charge is 2.34. The van der Waals surface area contributed by atoms with Gasteiger partial charge in [0.2, 0.25) is 0 Å². The Bertz CT molecular complexity index is 848. The monoisotopic (exact) mass is 315 g/mol. The molecule has 2 aromatic rings. The summed E-state index contributed by atoms with van der Waals surface area (Å²) in [6.45, 7) is 1.05. The molecule has 2 rings (SSSR count). The molecular formula is C13H6F5N3O. The number of rotatable bonds is 1. The van der Waals surface area contributed by atoms with Gasteiger partial charge in [-0.15, -0.1) is 0 Å². The fourth-order valence-electron chi connectivity index (χ4n) is 1.83. The lowest BCUT2D eigenvalue weighted by Crippen LogP contribution is -2.26. The summed E-state index contributed by atoms with van der Waals surface area (Å²) in [5, 5.41) is 8.58. The van der Waals surface area contributed by atoms with E-state index in [1.54, 1.807) is 0 Å². The van der Waals surface area contributed by atoms with Crippen LogP contribution in [0, 0.1) is 29.9 Å². The molecule has 1 aromatic carbocycles. The molecular weight excluding hydrogens is 309 g/mol. The number of halogens is 5. The zero-order valence-electron chi connectivity index (χ0n) is 10.9. The normalized spacial score (nSPS) is 11.3. The summed E-state index contributed by atoms with van der Waals surface area (Å²) in [4.78, 5) is 15.0. The summed E-state index contributed by atoms with van der Waals surface area (Å²) in [5.74, 6) is -2.71. The number of nitriles is 1. The van der Waals surface area contributed by atoms with Crippen LogP contribution in [-0.2, 0) is 6.18 Å². The SMILES string of the molecule is Cc1nc(C(F)(F)F)cc(=O)n1-c1cc(F)c(C#N)cc1F. The van der Waals surface area contributed by atoms with Crippen LogP contribution in [0.4, 0.5) is 22.0 Å². The molecule has 0 saturated heterocycles. The van der Waals surface area contributed by atoms with Crippen molar-refractivity contribution in [2.24, 2.45) is 0 Å². The third-order valence-electron chi connectivity index (χ3n) is 2.77. The zero-order chi connectivity index (χ0) is 16.7. The zero-order valence-corrected chi connectivity index (χ0v) is 10.9. The summed E-state index contributed by atoms with van der Waals surface area (Å²) in [6, 6.07) is 2.69. The second-order valence-corrected chi connectivity index (χ2v) is 4.26. The summed E-state index contributed by atoms with van der Waals surface area (Å²) >= 11 is 0. The van der Waals surface area contributed by atoms with E-state index in [0.29, 0.717) is 16.7 Å². The molecule has 0 saturated carbocycles. The Balaban J connectivity index is 2.73. The van der Waals surface area contributed by atoms with Crippen LogP contribution < -0.4 is 5.56 Å². The third kappa shape index (κ3) is 2.67. The van der Waals surface area contributed by atoms with E-state index >= 15 is 0 Å². The standard InChI is InChI=1S/C13H6F5N3O/c1-6-20-11(13(16,17)18)4-12(22)21(6)10-3-8(14)7(5-19)2-9(10)15/h2-4H,1H3. The number of aromatic nitrogens is 2. The second kappa shape index (κ2) is 5.22. The predicted molar refractivity (Wildman–Crippen MR) is 64.2 cm³/mol. The first-order valence-electron chi connectivity index (χ1n) is 5.72. The molecule has 1 aromatic heterocycles. The first kappa shape index (κ1) is 15.6. The van der Waals surface area contributed by atoms with Gasteiger partial charge < -0.3 is 0 Å². The second-order valence-electron chi connectivity index (χ2n) is 4.26. The maximum Gasteiger partial charge on any atom is 0.433 e. The van der Waals surface area contributed by atoms with Gasteiger partial charge in [-0.3, -0.25) is 9.36 Å². The molecule has 0 amide bonds. The highest BCUT2D eigenvalue weighted by molar-refractivity contribution is 5.42. The molecule has 0 unspecified atom stereocenters. The topological polar surface area (TPSA) is 58.7 Å². The van der Waals surface area contributed by atoms with E-state index in [4.69, 9.17) is 5.26 Å². The van der Waals surface area contributed by atoms with Gasteiger partial charge in [0.1, 0.15) is 23.5 Å². The van der Waals surface area contributed by atoms with E-state index in [0.717, 1.165) is 6.92 Å². The molecule has 9 heteroatoms. The molecule has 0 aliphatic heterocycles. The van der Waals surface area contributed by atoms with Gasteiger partial charge in [-0.2, -0.15) is 18.4 Å². The largest absolute Gasteiger partial charge is 0.433 e. The van der Waals surface area contributed by atoms with Crippen LogP contribution in [0.15, 0.2) is 23.0 Å². The fraction of sp³-hybridized carbons (Fsp3) is 0.154. The molecule has 0 aliphatic carbocycles. The Hall–Kier alpha value is -2.76. The summed E-state index contributed by atoms with van der Waals surface area (Å²) in [7, 11) is 0. The smallest absolute Gasteiger partial charge is 0.269 e. The lowest BCUT2D eigenvalue weighted by molar-refractivity contribution is -0.141. The van der Waals surface area contributed by atoms with Crippen LogP contribution in [0.1, 0.15) is 17.1 Å². The molecule has 0 fully saturated rings. The molecule has 0 atom stereocenters. The van der Waals surface area contributed by atoms with Crippen LogP contribution in [0.3, 0.4) is 0 Å². The minimum absolute atomic E-state index is 0.183. The van der Waals surface area contributed by atoms with E-state index in [9.17, 15) is 26.7 Å². The van der Waals surface area contributed by atoms with Crippen molar-refractivity contribution in [3.63, 3.8) is 0 Å². The van der Waals surface area contributed by atoms with Gasteiger partial charge in [-0.05, 0) is 13.0 Å². The van der Waals surface area contributed by atoms with Crippen LogP contribution in [0.25, 0.3) is 5.69 Å². The van der Waals surface area contributed by atoms with Crippen molar-refractivity contribution in [3.05, 3.63) is 57.3 Å². The number of benzene rings is 1. The summed E-state index contributed by atoms with van der Waals surface area (Å²) < 4.78 is 65.5. The number of hydrogen-bond acceptors (Lipinski definition) is 3. The van der Waals surface area contributed by atoms with Crippen molar-refractivity contribution in [1.82, 2.24) is 9.55 Å². The van der Waals surface area contributed by atoms with Gasteiger partial charge in [0.25, 0.3) is 5.56 Å². The van der Waals surface area contributed by atoms with Crippen LogP contribution in [0.5, 0.6) is 0 Å². The Kier molecular flexibility index (Phi) is 3.70. The Morgan fingerprint density at radius 2 is 1.82 bits per heavy atom. The first-order valence-corrected chi connectivity index (χ1v) is 5.72. The maximum absolute atomic E-state index is 13.9. The van der Waals surface area contributed by atoms with Crippen molar-refractivity contribution in [2.75, 3.05) is 0 Å². The fourth-order valence-corrected chi connectivity index (χ4v) is 1.83.